The van der Waals surface area contributed by atoms with Gasteiger partial charge < -0.3 is 10.1 Å². The molecule has 10 heavy (non-hydrogen) atoms. The topological polar surface area (TPSA) is 36.3 Å². The van der Waals surface area contributed by atoms with Crippen LogP contribution in [0.1, 0.15) is 6.92 Å². The summed E-state index contributed by atoms with van der Waals surface area (Å²) >= 11 is 0. The number of nitrogens with zero attached hydrogens (tertiary/aromatic N) is 1. The third-order valence-corrected chi connectivity index (χ3v) is 1.18. The van der Waals surface area contributed by atoms with Crippen LogP contribution in [0.25, 0.3) is 0 Å². The molecule has 3 nitrogen and oxygen atoms in total. The molecule has 0 aliphatic carbocycles. The Balaban J connectivity index is 3.25. The number of methoxy groups -OCH3 is 1. The fraction of sp³-hybridized carbons (Fsp3) is 0.857. The lowest BCUT2D eigenvalue weighted by Gasteiger charge is -2.14. The van der Waals surface area contributed by atoms with Gasteiger partial charge in [0.15, 0.2) is 0 Å². The van der Waals surface area contributed by atoms with Crippen LogP contribution in [0.3, 0.4) is 0 Å². The molecule has 0 rings (SSSR count). The highest BCUT2D eigenvalue weighted by Gasteiger charge is 1.96. The molecular formula is C7H16N2O. The summed E-state index contributed by atoms with van der Waals surface area (Å²) in [6, 6.07) is 0. The van der Waals surface area contributed by atoms with Crippen LogP contribution in [0, 0.1) is 5.41 Å². The highest BCUT2D eigenvalue weighted by Crippen LogP contribution is 1.82. The summed E-state index contributed by atoms with van der Waals surface area (Å²) in [5.41, 5.74) is 0.693. The van der Waals surface area contributed by atoms with Crippen molar-refractivity contribution < 1.29 is 4.74 Å². The van der Waals surface area contributed by atoms with Gasteiger partial charge in [-0.15, -0.1) is 0 Å². The van der Waals surface area contributed by atoms with Crippen molar-refractivity contribution in [1.29, 1.82) is 5.41 Å². The Kier molecular flexibility index (Phi) is 5.16. The van der Waals surface area contributed by atoms with Crippen molar-refractivity contribution in [2.45, 2.75) is 6.92 Å². The minimum absolute atomic E-state index is 0.693. The van der Waals surface area contributed by atoms with E-state index in [1.54, 1.807) is 7.11 Å². The molecule has 0 bridgehead atoms. The Morgan fingerprint density at radius 2 is 2.20 bits per heavy atom. The summed E-state index contributed by atoms with van der Waals surface area (Å²) in [5, 5.41) is 7.18. The first-order valence-corrected chi connectivity index (χ1v) is 3.38. The second-order valence-electron chi connectivity index (χ2n) is 2.51. The number of hydrogen-bond acceptors (Lipinski definition) is 3. The normalized spacial score (nSPS) is 10.4. The summed E-state index contributed by atoms with van der Waals surface area (Å²) < 4.78 is 4.88. The van der Waals surface area contributed by atoms with Gasteiger partial charge in [-0.1, -0.05) is 0 Å². The maximum atomic E-state index is 7.18. The zero-order valence-corrected chi connectivity index (χ0v) is 6.98. The van der Waals surface area contributed by atoms with Crippen LogP contribution < -0.4 is 0 Å². The van der Waals surface area contributed by atoms with Crippen LogP contribution in [0.15, 0.2) is 0 Å². The summed E-state index contributed by atoms with van der Waals surface area (Å²) in [6.07, 6.45) is 0. The van der Waals surface area contributed by atoms with Gasteiger partial charge in [0.05, 0.1) is 6.61 Å². The van der Waals surface area contributed by atoms with Gasteiger partial charge in [0.2, 0.25) is 0 Å². The van der Waals surface area contributed by atoms with Crippen molar-refractivity contribution in [2.24, 2.45) is 0 Å². The Morgan fingerprint density at radius 1 is 1.60 bits per heavy atom. The van der Waals surface area contributed by atoms with Crippen LogP contribution in [-0.4, -0.2) is 44.5 Å². The van der Waals surface area contributed by atoms with E-state index in [2.05, 4.69) is 4.90 Å². The van der Waals surface area contributed by atoms with E-state index in [0.717, 1.165) is 19.7 Å². The molecule has 0 aromatic heterocycles. The van der Waals surface area contributed by atoms with Crippen molar-refractivity contribution in [2.75, 3.05) is 33.9 Å². The summed E-state index contributed by atoms with van der Waals surface area (Å²) in [4.78, 5) is 2.06. The SMILES string of the molecule is COCCN(C)CC(C)=N. The van der Waals surface area contributed by atoms with Crippen molar-refractivity contribution in [1.82, 2.24) is 4.90 Å². The van der Waals surface area contributed by atoms with Crippen molar-refractivity contribution >= 4 is 5.71 Å². The molecule has 60 valence electrons. The zero-order chi connectivity index (χ0) is 7.98. The first-order valence-electron chi connectivity index (χ1n) is 3.38. The van der Waals surface area contributed by atoms with Gasteiger partial charge in [-0.3, -0.25) is 4.90 Å². The largest absolute Gasteiger partial charge is 0.383 e. The molecule has 0 aliphatic heterocycles. The lowest BCUT2D eigenvalue weighted by molar-refractivity contribution is 0.168. The van der Waals surface area contributed by atoms with Crippen LogP contribution in [0.2, 0.25) is 0 Å². The summed E-state index contributed by atoms with van der Waals surface area (Å²) in [6.45, 7) is 4.18. The molecule has 3 heteroatoms. The first kappa shape index (κ1) is 9.59. The van der Waals surface area contributed by atoms with Crippen LogP contribution in [-0.2, 0) is 4.74 Å². The molecule has 0 radical (unpaired) electrons. The van der Waals surface area contributed by atoms with E-state index in [0.29, 0.717) is 5.71 Å². The van der Waals surface area contributed by atoms with E-state index in [1.807, 2.05) is 14.0 Å². The lowest BCUT2D eigenvalue weighted by Crippen LogP contribution is -2.27. The second-order valence-corrected chi connectivity index (χ2v) is 2.51. The van der Waals surface area contributed by atoms with Crippen molar-refractivity contribution in [3.63, 3.8) is 0 Å². The van der Waals surface area contributed by atoms with E-state index in [4.69, 9.17) is 10.1 Å². The minimum Gasteiger partial charge on any atom is -0.383 e. The third kappa shape index (κ3) is 5.72. The van der Waals surface area contributed by atoms with Gasteiger partial charge in [0, 0.05) is 25.9 Å². The summed E-state index contributed by atoms with van der Waals surface area (Å²) in [7, 11) is 3.67. The smallest absolute Gasteiger partial charge is 0.0589 e. The van der Waals surface area contributed by atoms with Gasteiger partial charge in [-0.25, -0.2) is 0 Å². The molecule has 0 saturated carbocycles. The van der Waals surface area contributed by atoms with Gasteiger partial charge in [0.1, 0.15) is 0 Å². The maximum absolute atomic E-state index is 7.18. The van der Waals surface area contributed by atoms with Crippen molar-refractivity contribution in [3.05, 3.63) is 0 Å². The third-order valence-electron chi connectivity index (χ3n) is 1.18. The second kappa shape index (κ2) is 5.38. The van der Waals surface area contributed by atoms with Gasteiger partial charge in [-0.05, 0) is 14.0 Å². The molecule has 0 atom stereocenters. The Morgan fingerprint density at radius 3 is 2.60 bits per heavy atom. The minimum atomic E-state index is 0.693. The predicted octanol–water partition coefficient (Wildman–Crippen LogP) is 0.604. The van der Waals surface area contributed by atoms with Crippen molar-refractivity contribution in [3.8, 4) is 0 Å². The highest BCUT2D eigenvalue weighted by atomic mass is 16.5. The molecule has 0 aromatic carbocycles. The molecular weight excluding hydrogens is 128 g/mol. The molecule has 0 amide bonds. The molecule has 0 spiro atoms. The molecule has 0 aromatic rings. The Hall–Kier alpha value is -0.410. The van der Waals surface area contributed by atoms with E-state index in [-0.39, 0.29) is 0 Å². The highest BCUT2D eigenvalue weighted by molar-refractivity contribution is 5.80. The fourth-order valence-corrected chi connectivity index (χ4v) is 0.731. The lowest BCUT2D eigenvalue weighted by atomic mass is 10.4. The maximum Gasteiger partial charge on any atom is 0.0589 e. The number of likely N-dealkylation sites (N-methyl/N-ethyl adjacent to an activating group) is 1. The number of ether oxygens (including phenoxy) is 1. The van der Waals surface area contributed by atoms with Gasteiger partial charge >= 0.3 is 0 Å². The number of nitrogens with one attached hydrogen (secondary N) is 1. The quantitative estimate of drug-likeness (QED) is 0.574. The Labute approximate surface area is 62.5 Å². The first-order chi connectivity index (χ1) is 4.66. The van der Waals surface area contributed by atoms with E-state index < -0.39 is 0 Å². The zero-order valence-electron chi connectivity index (χ0n) is 6.98. The fourth-order valence-electron chi connectivity index (χ4n) is 0.731. The Bertz CT molecular complexity index is 104. The molecule has 1 N–H and O–H groups in total. The average Bonchev–Trinajstić information content (AvgIpc) is 1.82. The van der Waals surface area contributed by atoms with Gasteiger partial charge in [-0.2, -0.15) is 0 Å². The number of rotatable bonds is 5. The molecule has 0 aliphatic rings. The van der Waals surface area contributed by atoms with Crippen LogP contribution in [0.5, 0.6) is 0 Å². The molecule has 0 unspecified atom stereocenters. The van der Waals surface area contributed by atoms with E-state index in [9.17, 15) is 0 Å². The van der Waals surface area contributed by atoms with Crippen LogP contribution in [0.4, 0.5) is 0 Å². The average molecular weight is 144 g/mol. The van der Waals surface area contributed by atoms with Crippen LogP contribution >= 0.6 is 0 Å². The molecule has 0 heterocycles. The molecule has 0 saturated heterocycles. The molecule has 0 fully saturated rings. The predicted molar refractivity (Wildman–Crippen MR) is 42.8 cm³/mol. The standard InChI is InChI=1S/C7H16N2O/c1-7(8)6-9(2)4-5-10-3/h8H,4-6H2,1-3H3. The number of hydrogen-bond donors (Lipinski definition) is 1. The van der Waals surface area contributed by atoms with E-state index >= 15 is 0 Å². The summed E-state index contributed by atoms with van der Waals surface area (Å²) in [5.74, 6) is 0. The van der Waals surface area contributed by atoms with Gasteiger partial charge in [0.25, 0.3) is 0 Å². The monoisotopic (exact) mass is 144 g/mol. The van der Waals surface area contributed by atoms with E-state index in [1.165, 1.54) is 0 Å².